The third-order valence-corrected chi connectivity index (χ3v) is 2.96. The van der Waals surface area contributed by atoms with E-state index < -0.39 is 0 Å². The van der Waals surface area contributed by atoms with Gasteiger partial charge in [-0.05, 0) is 49.3 Å². The molecule has 0 saturated carbocycles. The lowest BCUT2D eigenvalue weighted by Gasteiger charge is -2.09. The van der Waals surface area contributed by atoms with Gasteiger partial charge in [-0.15, -0.1) is 0 Å². The molecule has 1 aliphatic carbocycles. The molecule has 1 atom stereocenters. The molecule has 0 N–H and O–H groups in total. The molecule has 0 nitrogen and oxygen atoms in total. The molecule has 0 bridgehead atoms. The molecule has 0 spiro atoms. The van der Waals surface area contributed by atoms with Gasteiger partial charge in [0.05, 0.1) is 0 Å². The summed E-state index contributed by atoms with van der Waals surface area (Å²) in [4.78, 5) is 0. The lowest BCUT2D eigenvalue weighted by molar-refractivity contribution is 0.744. The average Bonchev–Trinajstić information content (AvgIpc) is 2.31. The van der Waals surface area contributed by atoms with Gasteiger partial charge in [0.2, 0.25) is 0 Å². The first-order valence-electron chi connectivity index (χ1n) is 4.78. The van der Waals surface area contributed by atoms with Crippen molar-refractivity contribution in [2.24, 2.45) is 0 Å². The second-order valence-electron chi connectivity index (χ2n) is 4.09. The first-order valence-corrected chi connectivity index (χ1v) is 4.78. The zero-order chi connectivity index (χ0) is 8.72. The van der Waals surface area contributed by atoms with E-state index in [1.54, 1.807) is 11.1 Å². The summed E-state index contributed by atoms with van der Waals surface area (Å²) in [5, 5.41) is 0. The van der Waals surface area contributed by atoms with Crippen LogP contribution in [0.15, 0.2) is 12.1 Å². The SMILES string of the molecule is Cc1cc(C)c2c(c1)CCC2C. The quantitative estimate of drug-likeness (QED) is 0.546. The van der Waals surface area contributed by atoms with Crippen molar-refractivity contribution >= 4 is 0 Å². The van der Waals surface area contributed by atoms with Gasteiger partial charge < -0.3 is 0 Å². The Morgan fingerprint density at radius 2 is 2.00 bits per heavy atom. The lowest BCUT2D eigenvalue weighted by atomic mass is 9.96. The van der Waals surface area contributed by atoms with E-state index in [1.807, 2.05) is 0 Å². The molecule has 12 heavy (non-hydrogen) atoms. The minimum Gasteiger partial charge on any atom is -0.0584 e. The third kappa shape index (κ3) is 1.06. The van der Waals surface area contributed by atoms with Crippen LogP contribution >= 0.6 is 0 Å². The van der Waals surface area contributed by atoms with Crippen molar-refractivity contribution in [2.45, 2.75) is 39.5 Å². The fourth-order valence-corrected chi connectivity index (χ4v) is 2.50. The van der Waals surface area contributed by atoms with E-state index in [0.717, 1.165) is 5.92 Å². The van der Waals surface area contributed by atoms with E-state index in [1.165, 1.54) is 24.0 Å². The molecule has 0 fully saturated rings. The van der Waals surface area contributed by atoms with Gasteiger partial charge in [-0.25, -0.2) is 0 Å². The number of hydrogen-bond acceptors (Lipinski definition) is 0. The molecule has 0 saturated heterocycles. The molecule has 0 amide bonds. The van der Waals surface area contributed by atoms with Crippen LogP contribution in [0.4, 0.5) is 0 Å². The van der Waals surface area contributed by atoms with Crippen molar-refractivity contribution in [3.63, 3.8) is 0 Å². The fraction of sp³-hybridized carbons (Fsp3) is 0.500. The molecule has 0 aliphatic heterocycles. The van der Waals surface area contributed by atoms with Crippen molar-refractivity contribution in [2.75, 3.05) is 0 Å². The highest BCUT2D eigenvalue weighted by atomic mass is 14.2. The van der Waals surface area contributed by atoms with Crippen LogP contribution in [0.5, 0.6) is 0 Å². The highest BCUT2D eigenvalue weighted by molar-refractivity contribution is 5.43. The molecule has 1 aromatic carbocycles. The molecule has 1 unspecified atom stereocenters. The second kappa shape index (κ2) is 2.62. The van der Waals surface area contributed by atoms with Gasteiger partial charge in [0.1, 0.15) is 0 Å². The van der Waals surface area contributed by atoms with Crippen LogP contribution in [-0.2, 0) is 6.42 Å². The average molecular weight is 160 g/mol. The van der Waals surface area contributed by atoms with Gasteiger partial charge in [0.25, 0.3) is 0 Å². The monoisotopic (exact) mass is 160 g/mol. The molecular weight excluding hydrogens is 144 g/mol. The number of hydrogen-bond donors (Lipinski definition) is 0. The Morgan fingerprint density at radius 3 is 2.75 bits per heavy atom. The highest BCUT2D eigenvalue weighted by Gasteiger charge is 2.20. The van der Waals surface area contributed by atoms with Gasteiger partial charge in [0, 0.05) is 0 Å². The van der Waals surface area contributed by atoms with Crippen LogP contribution in [0, 0.1) is 13.8 Å². The van der Waals surface area contributed by atoms with E-state index in [-0.39, 0.29) is 0 Å². The van der Waals surface area contributed by atoms with Gasteiger partial charge in [-0.2, -0.15) is 0 Å². The van der Waals surface area contributed by atoms with E-state index in [4.69, 9.17) is 0 Å². The Balaban J connectivity index is 2.60. The summed E-state index contributed by atoms with van der Waals surface area (Å²) in [6, 6.07) is 4.66. The predicted molar refractivity (Wildman–Crippen MR) is 52.7 cm³/mol. The summed E-state index contributed by atoms with van der Waals surface area (Å²) in [7, 11) is 0. The summed E-state index contributed by atoms with van der Waals surface area (Å²) in [5.74, 6) is 0.792. The minimum atomic E-state index is 0.792. The Labute approximate surface area is 74.6 Å². The van der Waals surface area contributed by atoms with E-state index in [2.05, 4.69) is 32.9 Å². The Morgan fingerprint density at radius 1 is 1.25 bits per heavy atom. The summed E-state index contributed by atoms with van der Waals surface area (Å²) in [6.45, 7) is 6.78. The highest BCUT2D eigenvalue weighted by Crippen LogP contribution is 2.35. The molecule has 0 heteroatoms. The first-order chi connectivity index (χ1) is 5.68. The van der Waals surface area contributed by atoms with Gasteiger partial charge in [-0.3, -0.25) is 0 Å². The smallest absolute Gasteiger partial charge is 0.0182 e. The van der Waals surface area contributed by atoms with Crippen molar-refractivity contribution in [1.82, 2.24) is 0 Å². The van der Waals surface area contributed by atoms with Crippen LogP contribution < -0.4 is 0 Å². The second-order valence-corrected chi connectivity index (χ2v) is 4.09. The van der Waals surface area contributed by atoms with Gasteiger partial charge >= 0.3 is 0 Å². The molecule has 0 aromatic heterocycles. The van der Waals surface area contributed by atoms with Crippen molar-refractivity contribution < 1.29 is 0 Å². The summed E-state index contributed by atoms with van der Waals surface area (Å²) in [5.41, 5.74) is 6.14. The summed E-state index contributed by atoms with van der Waals surface area (Å²) in [6.07, 6.45) is 2.64. The lowest BCUT2D eigenvalue weighted by Crippen LogP contribution is -1.92. The number of fused-ring (bicyclic) bond motifs is 1. The minimum absolute atomic E-state index is 0.792. The fourth-order valence-electron chi connectivity index (χ4n) is 2.50. The maximum absolute atomic E-state index is 2.35. The maximum Gasteiger partial charge on any atom is -0.0182 e. The zero-order valence-corrected chi connectivity index (χ0v) is 8.15. The first kappa shape index (κ1) is 7.85. The molecule has 1 aromatic rings. The van der Waals surface area contributed by atoms with Crippen molar-refractivity contribution in [1.29, 1.82) is 0 Å². The Bertz CT molecular complexity index is 310. The molecule has 64 valence electrons. The number of benzene rings is 1. The molecule has 0 heterocycles. The van der Waals surface area contributed by atoms with Crippen molar-refractivity contribution in [3.05, 3.63) is 34.4 Å². The number of aryl methyl sites for hydroxylation is 3. The van der Waals surface area contributed by atoms with Crippen LogP contribution in [-0.4, -0.2) is 0 Å². The normalized spacial score (nSPS) is 21.1. The van der Waals surface area contributed by atoms with Crippen LogP contribution in [0.2, 0.25) is 0 Å². The molecule has 0 radical (unpaired) electrons. The third-order valence-electron chi connectivity index (χ3n) is 2.96. The molecular formula is C12H16. The Hall–Kier alpha value is -0.780. The van der Waals surface area contributed by atoms with Crippen LogP contribution in [0.1, 0.15) is 41.5 Å². The number of rotatable bonds is 0. The van der Waals surface area contributed by atoms with Gasteiger partial charge in [-0.1, -0.05) is 24.6 Å². The standard InChI is InChI=1S/C12H16/c1-8-6-10(3)12-9(2)4-5-11(12)7-8/h6-7,9H,4-5H2,1-3H3. The van der Waals surface area contributed by atoms with E-state index in [9.17, 15) is 0 Å². The van der Waals surface area contributed by atoms with Crippen LogP contribution in [0.25, 0.3) is 0 Å². The Kier molecular flexibility index (Phi) is 1.71. The maximum atomic E-state index is 2.35. The summed E-state index contributed by atoms with van der Waals surface area (Å²) >= 11 is 0. The summed E-state index contributed by atoms with van der Waals surface area (Å²) < 4.78 is 0. The topological polar surface area (TPSA) is 0 Å². The zero-order valence-electron chi connectivity index (χ0n) is 8.15. The molecule has 1 aliphatic rings. The van der Waals surface area contributed by atoms with Crippen LogP contribution in [0.3, 0.4) is 0 Å². The van der Waals surface area contributed by atoms with Gasteiger partial charge in [0.15, 0.2) is 0 Å². The van der Waals surface area contributed by atoms with E-state index >= 15 is 0 Å². The molecule has 2 rings (SSSR count). The van der Waals surface area contributed by atoms with Crippen molar-refractivity contribution in [3.8, 4) is 0 Å². The van der Waals surface area contributed by atoms with E-state index in [0.29, 0.717) is 0 Å². The largest absolute Gasteiger partial charge is 0.0584 e. The predicted octanol–water partition coefficient (Wildman–Crippen LogP) is 3.35.